The molecule has 5 rings (SSSR count). The molecular weight excluding hydrogens is 490 g/mol. The third-order valence-electron chi connectivity index (χ3n) is 6.73. The Bertz CT molecular complexity index is 1440. The monoisotopic (exact) mass is 525 g/mol. The zero-order valence-corrected chi connectivity index (χ0v) is 23.1. The van der Waals surface area contributed by atoms with E-state index < -0.39 is 0 Å². The summed E-state index contributed by atoms with van der Waals surface area (Å²) in [6.45, 7) is 5.05. The Morgan fingerprint density at radius 2 is 1.07 bits per heavy atom. The fraction of sp³-hybridized carbons (Fsp3) is 0.135. The summed E-state index contributed by atoms with van der Waals surface area (Å²) in [6.07, 6.45) is 2.04. The van der Waals surface area contributed by atoms with Gasteiger partial charge in [-0.25, -0.2) is 0 Å². The number of anilines is 3. The van der Waals surface area contributed by atoms with E-state index in [0.29, 0.717) is 13.2 Å². The van der Waals surface area contributed by atoms with Crippen LogP contribution in [0.5, 0.6) is 0 Å². The van der Waals surface area contributed by atoms with Crippen LogP contribution in [0.3, 0.4) is 0 Å². The van der Waals surface area contributed by atoms with Crippen LogP contribution in [0.4, 0.5) is 17.1 Å². The Morgan fingerprint density at radius 1 is 0.600 bits per heavy atom. The van der Waals surface area contributed by atoms with Crippen molar-refractivity contribution in [2.24, 2.45) is 0 Å². The lowest BCUT2D eigenvalue weighted by Gasteiger charge is -2.26. The fourth-order valence-corrected chi connectivity index (χ4v) is 4.72. The summed E-state index contributed by atoms with van der Waals surface area (Å²) in [7, 11) is 0. The maximum absolute atomic E-state index is 5.81. The molecule has 40 heavy (non-hydrogen) atoms. The van der Waals surface area contributed by atoms with Crippen molar-refractivity contribution in [3.8, 4) is 0 Å². The number of rotatable bonds is 11. The van der Waals surface area contributed by atoms with Crippen LogP contribution in [0.25, 0.3) is 11.6 Å². The van der Waals surface area contributed by atoms with E-state index in [-0.39, 0.29) is 6.29 Å². The summed E-state index contributed by atoms with van der Waals surface area (Å²) >= 11 is 0. The van der Waals surface area contributed by atoms with E-state index in [2.05, 4.69) is 144 Å². The molecule has 3 nitrogen and oxygen atoms in total. The number of nitrogens with zero attached hydrogens (tertiary/aromatic N) is 1. The molecule has 0 amide bonds. The van der Waals surface area contributed by atoms with E-state index >= 15 is 0 Å². The molecule has 0 saturated heterocycles. The zero-order chi connectivity index (χ0) is 27.6. The van der Waals surface area contributed by atoms with Crippen molar-refractivity contribution in [3.63, 3.8) is 0 Å². The van der Waals surface area contributed by atoms with Gasteiger partial charge in [0.05, 0.1) is 6.61 Å². The van der Waals surface area contributed by atoms with Gasteiger partial charge in [-0.1, -0.05) is 103 Å². The molecule has 0 aliphatic rings. The molecule has 0 fully saturated rings. The highest BCUT2D eigenvalue weighted by Gasteiger charge is 2.13. The van der Waals surface area contributed by atoms with Gasteiger partial charge in [0.15, 0.2) is 6.29 Å². The summed E-state index contributed by atoms with van der Waals surface area (Å²) in [5.74, 6) is 0. The molecule has 0 bridgehead atoms. The van der Waals surface area contributed by atoms with Crippen molar-refractivity contribution in [1.29, 1.82) is 0 Å². The van der Waals surface area contributed by atoms with E-state index in [1.807, 2.05) is 19.9 Å². The minimum Gasteiger partial charge on any atom is -0.353 e. The minimum absolute atomic E-state index is 0.220. The van der Waals surface area contributed by atoms with Crippen LogP contribution in [-0.4, -0.2) is 12.9 Å². The lowest BCUT2D eigenvalue weighted by molar-refractivity contribution is -0.134. The van der Waals surface area contributed by atoms with Crippen LogP contribution in [0.2, 0.25) is 0 Å². The third kappa shape index (κ3) is 6.95. The van der Waals surface area contributed by atoms with Gasteiger partial charge in [-0.15, -0.1) is 0 Å². The lowest BCUT2D eigenvalue weighted by Crippen LogP contribution is -2.12. The number of para-hydroxylation sites is 1. The molecule has 200 valence electrons. The average Bonchev–Trinajstić information content (AvgIpc) is 3.02. The van der Waals surface area contributed by atoms with Gasteiger partial charge in [0.1, 0.15) is 0 Å². The van der Waals surface area contributed by atoms with Crippen molar-refractivity contribution in [2.75, 3.05) is 11.5 Å². The summed E-state index contributed by atoms with van der Waals surface area (Å²) in [4.78, 5) is 2.27. The summed E-state index contributed by atoms with van der Waals surface area (Å²) in [5, 5.41) is 0. The fourth-order valence-electron chi connectivity index (χ4n) is 4.72. The molecule has 0 aliphatic carbocycles. The average molecular weight is 526 g/mol. The molecule has 0 saturated carbocycles. The van der Waals surface area contributed by atoms with Gasteiger partial charge in [-0.2, -0.15) is 0 Å². The Balaban J connectivity index is 1.44. The Hall–Kier alpha value is -4.44. The van der Waals surface area contributed by atoms with Gasteiger partial charge in [0, 0.05) is 23.7 Å². The highest BCUT2D eigenvalue weighted by molar-refractivity contribution is 5.91. The SMILES string of the molecule is CCOC(C)OCc1ccc(N(c2ccccc2)c2ccc(C=C(c3ccccc3)c3ccccc3)cc2)cc1. The van der Waals surface area contributed by atoms with Gasteiger partial charge in [-0.3, -0.25) is 0 Å². The van der Waals surface area contributed by atoms with Crippen LogP contribution in [0.15, 0.2) is 140 Å². The molecule has 0 radical (unpaired) electrons. The Kier molecular flexibility index (Phi) is 9.21. The predicted octanol–water partition coefficient (Wildman–Crippen LogP) is 9.64. The molecular formula is C37H35NO2. The normalized spacial score (nSPS) is 11.6. The van der Waals surface area contributed by atoms with E-state index in [1.54, 1.807) is 0 Å². The first-order valence-electron chi connectivity index (χ1n) is 13.8. The van der Waals surface area contributed by atoms with Crippen molar-refractivity contribution >= 4 is 28.7 Å². The smallest absolute Gasteiger partial charge is 0.155 e. The van der Waals surface area contributed by atoms with Gasteiger partial charge < -0.3 is 14.4 Å². The maximum atomic E-state index is 5.81. The maximum Gasteiger partial charge on any atom is 0.155 e. The standard InChI is InChI=1S/C37H35NO2/c1-3-39-29(2)40-28-31-21-25-36(26-22-31)38(34-17-11-6-12-18-34)35-23-19-30(20-24-35)27-37(32-13-7-4-8-14-32)33-15-9-5-10-16-33/h4-27,29H,3,28H2,1-2H3. The van der Waals surface area contributed by atoms with Crippen LogP contribution >= 0.6 is 0 Å². The molecule has 0 spiro atoms. The number of hydrogen-bond donors (Lipinski definition) is 0. The van der Waals surface area contributed by atoms with Gasteiger partial charge in [0.2, 0.25) is 0 Å². The number of hydrogen-bond acceptors (Lipinski definition) is 3. The number of ether oxygens (including phenoxy) is 2. The molecule has 0 aromatic heterocycles. The predicted molar refractivity (Wildman–Crippen MR) is 167 cm³/mol. The van der Waals surface area contributed by atoms with E-state index in [4.69, 9.17) is 9.47 Å². The molecule has 5 aromatic carbocycles. The molecule has 5 aromatic rings. The molecule has 1 atom stereocenters. The van der Waals surface area contributed by atoms with E-state index in [1.165, 1.54) is 16.7 Å². The quantitative estimate of drug-likeness (QED) is 0.127. The van der Waals surface area contributed by atoms with Crippen molar-refractivity contribution < 1.29 is 9.47 Å². The molecule has 1 unspecified atom stereocenters. The third-order valence-corrected chi connectivity index (χ3v) is 6.73. The lowest BCUT2D eigenvalue weighted by atomic mass is 9.95. The van der Waals surface area contributed by atoms with Crippen molar-refractivity contribution in [2.45, 2.75) is 26.7 Å². The summed E-state index contributed by atoms with van der Waals surface area (Å²) in [5.41, 5.74) is 9.14. The van der Waals surface area contributed by atoms with Crippen molar-refractivity contribution in [1.82, 2.24) is 0 Å². The zero-order valence-electron chi connectivity index (χ0n) is 23.1. The number of benzene rings is 5. The highest BCUT2D eigenvalue weighted by atomic mass is 16.7. The Morgan fingerprint density at radius 3 is 1.60 bits per heavy atom. The second kappa shape index (κ2) is 13.6. The molecule has 3 heteroatoms. The van der Waals surface area contributed by atoms with E-state index in [9.17, 15) is 0 Å². The topological polar surface area (TPSA) is 21.7 Å². The molecule has 0 N–H and O–H groups in total. The molecule has 0 aliphatic heterocycles. The summed E-state index contributed by atoms with van der Waals surface area (Å²) in [6, 6.07) is 48.9. The van der Waals surface area contributed by atoms with Crippen LogP contribution < -0.4 is 4.90 Å². The van der Waals surface area contributed by atoms with Crippen LogP contribution in [0, 0.1) is 0 Å². The largest absolute Gasteiger partial charge is 0.353 e. The Labute approximate surface area is 238 Å². The minimum atomic E-state index is -0.220. The first kappa shape index (κ1) is 27.1. The second-order valence-corrected chi connectivity index (χ2v) is 9.55. The van der Waals surface area contributed by atoms with Crippen LogP contribution in [0.1, 0.15) is 36.1 Å². The van der Waals surface area contributed by atoms with Crippen LogP contribution in [-0.2, 0) is 16.1 Å². The summed E-state index contributed by atoms with van der Waals surface area (Å²) < 4.78 is 11.3. The first-order chi connectivity index (χ1) is 19.7. The second-order valence-electron chi connectivity index (χ2n) is 9.55. The van der Waals surface area contributed by atoms with Gasteiger partial charge >= 0.3 is 0 Å². The molecule has 0 heterocycles. The van der Waals surface area contributed by atoms with Crippen molar-refractivity contribution in [3.05, 3.63) is 162 Å². The van der Waals surface area contributed by atoms with Gasteiger partial charge in [-0.05, 0) is 84.1 Å². The van der Waals surface area contributed by atoms with Gasteiger partial charge in [0.25, 0.3) is 0 Å². The van der Waals surface area contributed by atoms with E-state index in [0.717, 1.165) is 28.2 Å². The highest BCUT2D eigenvalue weighted by Crippen LogP contribution is 2.35. The first-order valence-corrected chi connectivity index (χ1v) is 13.8.